The van der Waals surface area contributed by atoms with Gasteiger partial charge in [-0.25, -0.2) is 4.39 Å². The van der Waals surface area contributed by atoms with Crippen LogP contribution in [-0.4, -0.2) is 53.8 Å². The van der Waals surface area contributed by atoms with Crippen LogP contribution in [0.15, 0.2) is 73.1 Å². The fourth-order valence-corrected chi connectivity index (χ4v) is 4.64. The molecule has 0 aliphatic carbocycles. The molecule has 0 N–H and O–H groups in total. The van der Waals surface area contributed by atoms with E-state index in [-0.39, 0.29) is 24.1 Å². The van der Waals surface area contributed by atoms with E-state index < -0.39 is 5.41 Å². The number of hydrogen-bond acceptors (Lipinski definition) is 3. The lowest BCUT2D eigenvalue weighted by Crippen LogP contribution is -2.44. The highest BCUT2D eigenvalue weighted by atomic mass is 19.1. The van der Waals surface area contributed by atoms with Gasteiger partial charge in [-0.1, -0.05) is 42.5 Å². The van der Waals surface area contributed by atoms with Crippen molar-refractivity contribution in [3.05, 3.63) is 90.0 Å². The van der Waals surface area contributed by atoms with Crippen LogP contribution in [0.5, 0.6) is 0 Å². The van der Waals surface area contributed by atoms with Gasteiger partial charge in [0.1, 0.15) is 5.82 Å². The SMILES string of the molecule is CN(C)C(=O)[C@@]1(Cc2cccc(-c3ccc(F)cc3)c2)CCN(C(=O)Cc2cccnc2)C1. The molecule has 2 heterocycles. The van der Waals surface area contributed by atoms with E-state index in [0.29, 0.717) is 25.9 Å². The van der Waals surface area contributed by atoms with E-state index in [1.54, 1.807) is 48.4 Å². The molecule has 5 nitrogen and oxygen atoms in total. The topological polar surface area (TPSA) is 53.5 Å². The van der Waals surface area contributed by atoms with Crippen molar-refractivity contribution in [3.8, 4) is 11.1 Å². The third-order valence-corrected chi connectivity index (χ3v) is 6.29. The number of pyridine rings is 1. The molecule has 0 unspecified atom stereocenters. The summed E-state index contributed by atoms with van der Waals surface area (Å²) < 4.78 is 13.3. The molecule has 1 saturated heterocycles. The Morgan fingerprint density at radius 1 is 1.03 bits per heavy atom. The van der Waals surface area contributed by atoms with Crippen LogP contribution < -0.4 is 0 Å². The lowest BCUT2D eigenvalue weighted by molar-refractivity contribution is -0.139. The lowest BCUT2D eigenvalue weighted by Gasteiger charge is -2.31. The monoisotopic (exact) mass is 445 g/mol. The third kappa shape index (κ3) is 5.11. The maximum Gasteiger partial charge on any atom is 0.230 e. The number of likely N-dealkylation sites (tertiary alicyclic amines) is 1. The van der Waals surface area contributed by atoms with E-state index in [0.717, 1.165) is 22.3 Å². The number of benzene rings is 2. The van der Waals surface area contributed by atoms with Gasteiger partial charge in [0.15, 0.2) is 0 Å². The van der Waals surface area contributed by atoms with Gasteiger partial charge in [0.2, 0.25) is 11.8 Å². The number of halogens is 1. The first kappa shape index (κ1) is 22.6. The molecule has 0 spiro atoms. The predicted molar refractivity (Wildman–Crippen MR) is 126 cm³/mol. The van der Waals surface area contributed by atoms with E-state index in [4.69, 9.17) is 0 Å². The zero-order valence-electron chi connectivity index (χ0n) is 19.0. The van der Waals surface area contributed by atoms with Crippen LogP contribution in [-0.2, 0) is 22.4 Å². The standard InChI is InChI=1S/C27H28FN3O2/c1-30(2)26(33)27(12-14-31(19-27)25(32)16-21-6-4-13-29-18-21)17-20-5-3-7-23(15-20)22-8-10-24(28)11-9-22/h3-11,13,15,18H,12,14,16-17,19H2,1-2H3/t27-/m1/s1. The highest BCUT2D eigenvalue weighted by molar-refractivity contribution is 5.86. The zero-order chi connectivity index (χ0) is 23.4. The summed E-state index contributed by atoms with van der Waals surface area (Å²) in [5.74, 6) is -0.227. The lowest BCUT2D eigenvalue weighted by atomic mass is 9.79. The molecule has 2 aromatic carbocycles. The predicted octanol–water partition coefficient (Wildman–Crippen LogP) is 3.98. The van der Waals surface area contributed by atoms with Crippen LogP contribution in [0.4, 0.5) is 4.39 Å². The minimum atomic E-state index is -0.671. The van der Waals surface area contributed by atoms with Gasteiger partial charge in [-0.3, -0.25) is 14.6 Å². The first-order chi connectivity index (χ1) is 15.9. The molecular formula is C27H28FN3O2. The number of hydrogen-bond donors (Lipinski definition) is 0. The Morgan fingerprint density at radius 2 is 1.79 bits per heavy atom. The maximum atomic E-state index is 13.3. The quantitative estimate of drug-likeness (QED) is 0.577. The molecule has 0 radical (unpaired) electrons. The van der Waals surface area contributed by atoms with Crippen molar-refractivity contribution < 1.29 is 14.0 Å². The second-order valence-electron chi connectivity index (χ2n) is 8.97. The number of amides is 2. The molecule has 4 rings (SSSR count). The average Bonchev–Trinajstić information content (AvgIpc) is 3.25. The van der Waals surface area contributed by atoms with Crippen LogP contribution in [0.25, 0.3) is 11.1 Å². The normalized spacial score (nSPS) is 17.7. The summed E-state index contributed by atoms with van der Waals surface area (Å²) in [6.07, 6.45) is 4.82. The minimum absolute atomic E-state index is 0.0106. The Labute approximate surface area is 193 Å². The molecular weight excluding hydrogens is 417 g/mol. The summed E-state index contributed by atoms with van der Waals surface area (Å²) in [6.45, 7) is 0.945. The molecule has 2 amide bonds. The number of rotatable bonds is 6. The summed E-state index contributed by atoms with van der Waals surface area (Å²) >= 11 is 0. The van der Waals surface area contributed by atoms with Crippen molar-refractivity contribution >= 4 is 11.8 Å². The summed E-state index contributed by atoms with van der Waals surface area (Å²) in [4.78, 5) is 33.8. The summed E-state index contributed by atoms with van der Waals surface area (Å²) in [5.41, 5.74) is 3.11. The van der Waals surface area contributed by atoms with E-state index in [9.17, 15) is 14.0 Å². The number of nitrogens with zero attached hydrogens (tertiary/aromatic N) is 3. The Balaban J connectivity index is 1.56. The summed E-state index contributed by atoms with van der Waals surface area (Å²) in [5, 5.41) is 0. The van der Waals surface area contributed by atoms with Crippen LogP contribution in [0.3, 0.4) is 0 Å². The van der Waals surface area contributed by atoms with Gasteiger partial charge in [0.05, 0.1) is 11.8 Å². The molecule has 1 aliphatic rings. The molecule has 3 aromatic rings. The van der Waals surface area contributed by atoms with Crippen molar-refractivity contribution in [1.29, 1.82) is 0 Å². The van der Waals surface area contributed by atoms with Gasteiger partial charge in [-0.05, 0) is 53.3 Å². The van der Waals surface area contributed by atoms with E-state index >= 15 is 0 Å². The number of carbonyl (C=O) groups is 2. The first-order valence-electron chi connectivity index (χ1n) is 11.1. The molecule has 1 fully saturated rings. The summed E-state index contributed by atoms with van der Waals surface area (Å²) in [6, 6.07) is 18.1. The molecule has 33 heavy (non-hydrogen) atoms. The largest absolute Gasteiger partial charge is 0.348 e. The van der Waals surface area contributed by atoms with Crippen LogP contribution in [0, 0.1) is 11.2 Å². The molecule has 170 valence electrons. The molecule has 1 aromatic heterocycles. The second-order valence-corrected chi connectivity index (χ2v) is 8.97. The molecule has 6 heteroatoms. The Morgan fingerprint density at radius 3 is 2.48 bits per heavy atom. The van der Waals surface area contributed by atoms with Crippen LogP contribution in [0.1, 0.15) is 17.5 Å². The summed E-state index contributed by atoms with van der Waals surface area (Å²) in [7, 11) is 3.53. The van der Waals surface area contributed by atoms with Gasteiger partial charge < -0.3 is 9.80 Å². The average molecular weight is 446 g/mol. The third-order valence-electron chi connectivity index (χ3n) is 6.29. The van der Waals surface area contributed by atoms with Crippen molar-refractivity contribution in [2.75, 3.05) is 27.2 Å². The highest BCUT2D eigenvalue weighted by Gasteiger charge is 2.46. The number of carbonyl (C=O) groups excluding carboxylic acids is 2. The Hall–Kier alpha value is -3.54. The highest BCUT2D eigenvalue weighted by Crippen LogP contribution is 2.37. The van der Waals surface area contributed by atoms with Crippen molar-refractivity contribution in [2.24, 2.45) is 5.41 Å². The second kappa shape index (κ2) is 9.53. The smallest absolute Gasteiger partial charge is 0.230 e. The van der Waals surface area contributed by atoms with Crippen molar-refractivity contribution in [3.63, 3.8) is 0 Å². The number of aromatic nitrogens is 1. The van der Waals surface area contributed by atoms with Crippen molar-refractivity contribution in [2.45, 2.75) is 19.3 Å². The molecule has 0 saturated carbocycles. The fourth-order valence-electron chi connectivity index (χ4n) is 4.64. The van der Waals surface area contributed by atoms with E-state index in [1.807, 2.05) is 30.3 Å². The minimum Gasteiger partial charge on any atom is -0.348 e. The zero-order valence-corrected chi connectivity index (χ0v) is 19.0. The van der Waals surface area contributed by atoms with Crippen LogP contribution in [0.2, 0.25) is 0 Å². The molecule has 0 bridgehead atoms. The van der Waals surface area contributed by atoms with Gasteiger partial charge >= 0.3 is 0 Å². The van der Waals surface area contributed by atoms with Gasteiger partial charge in [0.25, 0.3) is 0 Å². The van der Waals surface area contributed by atoms with E-state index in [1.165, 1.54) is 12.1 Å². The van der Waals surface area contributed by atoms with Crippen LogP contribution >= 0.6 is 0 Å². The first-order valence-corrected chi connectivity index (χ1v) is 11.1. The maximum absolute atomic E-state index is 13.3. The molecule has 1 atom stereocenters. The van der Waals surface area contributed by atoms with Gasteiger partial charge in [-0.15, -0.1) is 0 Å². The van der Waals surface area contributed by atoms with Gasteiger partial charge in [0, 0.05) is 39.6 Å². The fraction of sp³-hybridized carbons (Fsp3) is 0.296. The van der Waals surface area contributed by atoms with Crippen molar-refractivity contribution in [1.82, 2.24) is 14.8 Å². The van der Waals surface area contributed by atoms with E-state index in [2.05, 4.69) is 11.1 Å². The molecule has 1 aliphatic heterocycles. The Bertz CT molecular complexity index is 1130. The van der Waals surface area contributed by atoms with Gasteiger partial charge in [-0.2, -0.15) is 0 Å². The Kier molecular flexibility index (Phi) is 6.54.